The summed E-state index contributed by atoms with van der Waals surface area (Å²) in [6, 6.07) is 1.98. The average molecular weight is 262 g/mol. The van der Waals surface area contributed by atoms with Gasteiger partial charge < -0.3 is 0 Å². The fourth-order valence-electron chi connectivity index (χ4n) is 0.750. The van der Waals surface area contributed by atoms with Crippen LogP contribution in [0.4, 0.5) is 0 Å². The number of nitrogens with zero attached hydrogens (tertiary/aromatic N) is 2. The Hall–Kier alpha value is -0.230. The van der Waals surface area contributed by atoms with Crippen LogP contribution in [0.5, 0.6) is 0 Å². The first-order valence-electron chi connectivity index (χ1n) is 2.73. The maximum absolute atomic E-state index is 4.15. The molecule has 0 unspecified atom stereocenters. The van der Waals surface area contributed by atoms with Gasteiger partial charge >= 0.3 is 0 Å². The standard InChI is InChI=1S/C6H3IN2S/c7-5-1-2-8-6-4(5)3-9-10-6/h1-3H. The summed E-state index contributed by atoms with van der Waals surface area (Å²) in [5.41, 5.74) is 0. The van der Waals surface area contributed by atoms with E-state index in [0.717, 1.165) is 10.2 Å². The third-order valence-corrected chi connectivity index (χ3v) is 2.87. The maximum atomic E-state index is 4.15. The number of pyridine rings is 1. The molecule has 0 saturated heterocycles. The Bertz CT molecular complexity index is 357. The van der Waals surface area contributed by atoms with Gasteiger partial charge in [-0.25, -0.2) is 4.98 Å². The van der Waals surface area contributed by atoms with Crippen molar-refractivity contribution in [3.8, 4) is 0 Å². The van der Waals surface area contributed by atoms with Gasteiger partial charge in [-0.2, -0.15) is 4.37 Å². The first-order chi connectivity index (χ1) is 4.88. The summed E-state index contributed by atoms with van der Waals surface area (Å²) in [5.74, 6) is 0. The summed E-state index contributed by atoms with van der Waals surface area (Å²) in [6.07, 6.45) is 3.66. The zero-order valence-corrected chi connectivity index (χ0v) is 7.89. The van der Waals surface area contributed by atoms with Crippen LogP contribution in [0.25, 0.3) is 10.2 Å². The van der Waals surface area contributed by atoms with Gasteiger partial charge in [0.1, 0.15) is 4.83 Å². The highest BCUT2D eigenvalue weighted by Gasteiger charge is 1.98. The molecule has 2 rings (SSSR count). The number of halogens is 1. The van der Waals surface area contributed by atoms with E-state index in [4.69, 9.17) is 0 Å². The third-order valence-electron chi connectivity index (χ3n) is 1.22. The van der Waals surface area contributed by atoms with E-state index in [-0.39, 0.29) is 0 Å². The molecule has 50 valence electrons. The molecule has 4 heteroatoms. The second-order valence-electron chi connectivity index (χ2n) is 1.84. The van der Waals surface area contributed by atoms with E-state index in [9.17, 15) is 0 Å². The van der Waals surface area contributed by atoms with Gasteiger partial charge in [-0.1, -0.05) is 0 Å². The lowest BCUT2D eigenvalue weighted by atomic mass is 10.4. The summed E-state index contributed by atoms with van der Waals surface area (Å²) < 4.78 is 5.26. The summed E-state index contributed by atoms with van der Waals surface area (Å²) in [4.78, 5) is 5.17. The van der Waals surface area contributed by atoms with Crippen molar-refractivity contribution < 1.29 is 0 Å². The second kappa shape index (κ2) is 2.43. The Balaban J connectivity index is 2.95. The van der Waals surface area contributed by atoms with Crippen LogP contribution in [0.1, 0.15) is 0 Å². The Morgan fingerprint density at radius 2 is 2.40 bits per heavy atom. The number of rotatable bonds is 0. The van der Waals surface area contributed by atoms with Gasteiger partial charge in [0.15, 0.2) is 0 Å². The Kier molecular flexibility index (Phi) is 1.57. The van der Waals surface area contributed by atoms with Gasteiger partial charge in [-0.3, -0.25) is 0 Å². The molecule has 0 aliphatic carbocycles. The Morgan fingerprint density at radius 1 is 1.50 bits per heavy atom. The van der Waals surface area contributed by atoms with Crippen LogP contribution >= 0.6 is 34.1 Å². The van der Waals surface area contributed by atoms with Gasteiger partial charge in [0.25, 0.3) is 0 Å². The quantitative estimate of drug-likeness (QED) is 0.681. The van der Waals surface area contributed by atoms with Crippen LogP contribution in [-0.4, -0.2) is 9.36 Å². The van der Waals surface area contributed by atoms with E-state index in [2.05, 4.69) is 31.9 Å². The number of aromatic nitrogens is 2. The van der Waals surface area contributed by atoms with Crippen molar-refractivity contribution >= 4 is 44.3 Å². The number of hydrogen-bond acceptors (Lipinski definition) is 3. The molecule has 2 aromatic heterocycles. The van der Waals surface area contributed by atoms with Crippen molar-refractivity contribution in [1.82, 2.24) is 9.36 Å². The maximum Gasteiger partial charge on any atom is 0.144 e. The normalized spacial score (nSPS) is 10.5. The van der Waals surface area contributed by atoms with Gasteiger partial charge in [0.2, 0.25) is 0 Å². The van der Waals surface area contributed by atoms with Crippen molar-refractivity contribution in [3.63, 3.8) is 0 Å². The fourth-order valence-corrected chi connectivity index (χ4v) is 2.12. The van der Waals surface area contributed by atoms with E-state index in [1.165, 1.54) is 15.1 Å². The molecule has 0 aliphatic heterocycles. The van der Waals surface area contributed by atoms with Crippen molar-refractivity contribution in [2.45, 2.75) is 0 Å². The zero-order valence-electron chi connectivity index (χ0n) is 4.91. The van der Waals surface area contributed by atoms with Crippen molar-refractivity contribution in [2.24, 2.45) is 0 Å². The van der Waals surface area contributed by atoms with Crippen molar-refractivity contribution in [1.29, 1.82) is 0 Å². The van der Waals surface area contributed by atoms with E-state index in [1.807, 2.05) is 18.5 Å². The van der Waals surface area contributed by atoms with Crippen molar-refractivity contribution in [2.75, 3.05) is 0 Å². The van der Waals surface area contributed by atoms with Crippen LogP contribution in [0, 0.1) is 3.57 Å². The molecule has 2 nitrogen and oxygen atoms in total. The molecule has 0 bridgehead atoms. The molecule has 0 atom stereocenters. The number of hydrogen-bond donors (Lipinski definition) is 0. The van der Waals surface area contributed by atoms with E-state index in [0.29, 0.717) is 0 Å². The lowest BCUT2D eigenvalue weighted by Crippen LogP contribution is -1.73. The molecule has 0 spiro atoms. The van der Waals surface area contributed by atoms with Crippen molar-refractivity contribution in [3.05, 3.63) is 22.0 Å². The van der Waals surface area contributed by atoms with E-state index in [1.54, 1.807) is 0 Å². The summed E-state index contributed by atoms with van der Waals surface area (Å²) >= 11 is 3.72. The van der Waals surface area contributed by atoms with E-state index >= 15 is 0 Å². The molecule has 0 aromatic carbocycles. The third kappa shape index (κ3) is 0.911. The molecule has 0 N–H and O–H groups in total. The van der Waals surface area contributed by atoms with Crippen LogP contribution < -0.4 is 0 Å². The Morgan fingerprint density at radius 3 is 3.20 bits per heavy atom. The minimum Gasteiger partial charge on any atom is -0.244 e. The van der Waals surface area contributed by atoms with Crippen LogP contribution in [-0.2, 0) is 0 Å². The molecule has 0 amide bonds. The largest absolute Gasteiger partial charge is 0.244 e. The van der Waals surface area contributed by atoms with Crippen LogP contribution in [0.15, 0.2) is 18.5 Å². The molecule has 0 fully saturated rings. The van der Waals surface area contributed by atoms with Gasteiger partial charge in [0.05, 0.1) is 6.20 Å². The zero-order chi connectivity index (χ0) is 6.97. The molecular weight excluding hydrogens is 259 g/mol. The number of fused-ring (bicyclic) bond motifs is 1. The predicted octanol–water partition coefficient (Wildman–Crippen LogP) is 2.30. The summed E-state index contributed by atoms with van der Waals surface area (Å²) in [5, 5.41) is 1.16. The SMILES string of the molecule is Ic1ccnc2sncc12. The van der Waals surface area contributed by atoms with E-state index < -0.39 is 0 Å². The van der Waals surface area contributed by atoms with Crippen LogP contribution in [0.2, 0.25) is 0 Å². The summed E-state index contributed by atoms with van der Waals surface area (Å²) in [6.45, 7) is 0. The lowest BCUT2D eigenvalue weighted by molar-refractivity contribution is 1.43. The molecule has 2 aromatic rings. The smallest absolute Gasteiger partial charge is 0.144 e. The van der Waals surface area contributed by atoms with Gasteiger partial charge in [-0.05, 0) is 40.2 Å². The Labute approximate surface area is 75.6 Å². The highest BCUT2D eigenvalue weighted by atomic mass is 127. The minimum atomic E-state index is 1.02. The average Bonchev–Trinajstić information content (AvgIpc) is 2.36. The van der Waals surface area contributed by atoms with Gasteiger partial charge in [0, 0.05) is 15.2 Å². The molecule has 0 radical (unpaired) electrons. The lowest BCUT2D eigenvalue weighted by Gasteiger charge is -1.87. The highest BCUT2D eigenvalue weighted by molar-refractivity contribution is 14.1. The first kappa shape index (κ1) is 6.48. The summed E-state index contributed by atoms with van der Waals surface area (Å²) in [7, 11) is 0. The first-order valence-corrected chi connectivity index (χ1v) is 4.58. The molecular formula is C6H3IN2S. The van der Waals surface area contributed by atoms with Crippen LogP contribution in [0.3, 0.4) is 0 Å². The van der Waals surface area contributed by atoms with Gasteiger partial charge in [-0.15, -0.1) is 0 Å². The monoisotopic (exact) mass is 262 g/mol. The molecule has 10 heavy (non-hydrogen) atoms. The minimum absolute atomic E-state index is 1.02. The predicted molar refractivity (Wildman–Crippen MR) is 50.1 cm³/mol. The molecule has 0 aliphatic rings. The molecule has 0 saturated carbocycles. The highest BCUT2D eigenvalue weighted by Crippen LogP contribution is 2.20. The fraction of sp³-hybridized carbons (Fsp3) is 0. The second-order valence-corrected chi connectivity index (χ2v) is 3.78. The molecule has 2 heterocycles. The topological polar surface area (TPSA) is 25.8 Å².